The first-order valence-electron chi connectivity index (χ1n) is 4.56. The molecule has 0 spiro atoms. The minimum Gasteiger partial charge on any atom is -0.340 e. The van der Waals surface area contributed by atoms with Crippen molar-refractivity contribution in [2.24, 2.45) is 0 Å². The van der Waals surface area contributed by atoms with E-state index in [1.807, 2.05) is 12.4 Å². The number of hydrogen-bond donors (Lipinski definition) is 0. The number of rotatable bonds is 5. The third kappa shape index (κ3) is 3.68. The van der Waals surface area contributed by atoms with Crippen molar-refractivity contribution in [1.82, 2.24) is 9.97 Å². The van der Waals surface area contributed by atoms with Gasteiger partial charge in [0, 0.05) is 34.4 Å². The minimum absolute atomic E-state index is 0.826. The van der Waals surface area contributed by atoms with Crippen molar-refractivity contribution < 1.29 is 0 Å². The van der Waals surface area contributed by atoms with E-state index in [9.17, 15) is 0 Å². The van der Waals surface area contributed by atoms with E-state index in [4.69, 9.17) is 0 Å². The SMILES string of the molecule is CCCN(CCBr)c1ncc(I)cn1. The molecule has 0 radical (unpaired) electrons. The summed E-state index contributed by atoms with van der Waals surface area (Å²) in [5.41, 5.74) is 0. The number of halogens is 2. The maximum Gasteiger partial charge on any atom is 0.225 e. The van der Waals surface area contributed by atoms with Gasteiger partial charge in [0.2, 0.25) is 5.95 Å². The van der Waals surface area contributed by atoms with Crippen LogP contribution in [0, 0.1) is 3.57 Å². The Balaban J connectivity index is 2.71. The molecule has 1 heterocycles. The zero-order valence-electron chi connectivity index (χ0n) is 8.08. The molecule has 3 nitrogen and oxygen atoms in total. The number of nitrogens with zero attached hydrogens (tertiary/aromatic N) is 3. The first kappa shape index (κ1) is 12.2. The Hall–Kier alpha value is 0.0900. The lowest BCUT2D eigenvalue weighted by molar-refractivity contribution is 0.766. The smallest absolute Gasteiger partial charge is 0.225 e. The molecule has 0 aliphatic carbocycles. The number of alkyl halides is 1. The maximum absolute atomic E-state index is 4.30. The quantitative estimate of drug-likeness (QED) is 0.590. The highest BCUT2D eigenvalue weighted by Crippen LogP contribution is 2.09. The van der Waals surface area contributed by atoms with E-state index < -0.39 is 0 Å². The van der Waals surface area contributed by atoms with Gasteiger partial charge in [-0.25, -0.2) is 9.97 Å². The maximum atomic E-state index is 4.30. The largest absolute Gasteiger partial charge is 0.340 e. The predicted octanol–water partition coefficient (Wildman–Crippen LogP) is 2.69. The molecule has 0 aliphatic rings. The molecule has 78 valence electrons. The fraction of sp³-hybridized carbons (Fsp3) is 0.556. The van der Waals surface area contributed by atoms with Gasteiger partial charge in [-0.15, -0.1) is 0 Å². The molecule has 0 unspecified atom stereocenters. The topological polar surface area (TPSA) is 29.0 Å². The second-order valence-electron chi connectivity index (χ2n) is 2.88. The van der Waals surface area contributed by atoms with E-state index in [0.29, 0.717) is 0 Å². The normalized spacial score (nSPS) is 10.2. The van der Waals surface area contributed by atoms with Crippen molar-refractivity contribution in [2.45, 2.75) is 13.3 Å². The van der Waals surface area contributed by atoms with Crippen LogP contribution in [0.3, 0.4) is 0 Å². The average molecular weight is 370 g/mol. The Bertz CT molecular complexity index is 259. The summed E-state index contributed by atoms with van der Waals surface area (Å²) in [5.74, 6) is 0.826. The van der Waals surface area contributed by atoms with Crippen molar-refractivity contribution in [3.05, 3.63) is 16.0 Å². The predicted molar refractivity (Wildman–Crippen MR) is 71.0 cm³/mol. The summed E-state index contributed by atoms with van der Waals surface area (Å²) in [4.78, 5) is 10.8. The Morgan fingerprint density at radius 2 is 2.00 bits per heavy atom. The van der Waals surface area contributed by atoms with Crippen LogP contribution in [0.2, 0.25) is 0 Å². The highest BCUT2D eigenvalue weighted by atomic mass is 127. The third-order valence-electron chi connectivity index (χ3n) is 1.74. The lowest BCUT2D eigenvalue weighted by atomic mass is 10.4. The van der Waals surface area contributed by atoms with Gasteiger partial charge in [0.15, 0.2) is 0 Å². The first-order chi connectivity index (χ1) is 6.77. The Kier molecular flexibility index (Phi) is 5.69. The van der Waals surface area contributed by atoms with Gasteiger partial charge in [0.1, 0.15) is 0 Å². The van der Waals surface area contributed by atoms with Crippen molar-refractivity contribution in [1.29, 1.82) is 0 Å². The lowest BCUT2D eigenvalue weighted by Crippen LogP contribution is -2.27. The lowest BCUT2D eigenvalue weighted by Gasteiger charge is -2.20. The van der Waals surface area contributed by atoms with Crippen LogP contribution in [0.5, 0.6) is 0 Å². The summed E-state index contributed by atoms with van der Waals surface area (Å²) >= 11 is 5.64. The first-order valence-corrected chi connectivity index (χ1v) is 6.76. The monoisotopic (exact) mass is 369 g/mol. The molecule has 0 aromatic carbocycles. The Morgan fingerprint density at radius 1 is 1.36 bits per heavy atom. The molecule has 0 amide bonds. The molecule has 0 fully saturated rings. The summed E-state index contributed by atoms with van der Waals surface area (Å²) in [6, 6.07) is 0. The highest BCUT2D eigenvalue weighted by molar-refractivity contribution is 14.1. The molecule has 0 aliphatic heterocycles. The Morgan fingerprint density at radius 3 is 2.50 bits per heavy atom. The summed E-state index contributed by atoms with van der Waals surface area (Å²) in [6.07, 6.45) is 4.81. The van der Waals surface area contributed by atoms with Gasteiger partial charge < -0.3 is 4.90 Å². The van der Waals surface area contributed by atoms with Gasteiger partial charge >= 0.3 is 0 Å². The number of aromatic nitrogens is 2. The van der Waals surface area contributed by atoms with Gasteiger partial charge in [0.25, 0.3) is 0 Å². The second-order valence-corrected chi connectivity index (χ2v) is 4.92. The van der Waals surface area contributed by atoms with Gasteiger partial charge in [-0.05, 0) is 29.0 Å². The third-order valence-corrected chi connectivity index (χ3v) is 2.65. The van der Waals surface area contributed by atoms with Gasteiger partial charge in [-0.2, -0.15) is 0 Å². The van der Waals surface area contributed by atoms with Crippen LogP contribution in [-0.2, 0) is 0 Å². The molecule has 1 aromatic heterocycles. The number of hydrogen-bond acceptors (Lipinski definition) is 3. The van der Waals surface area contributed by atoms with Crippen LogP contribution in [-0.4, -0.2) is 28.4 Å². The highest BCUT2D eigenvalue weighted by Gasteiger charge is 2.06. The van der Waals surface area contributed by atoms with Crippen LogP contribution >= 0.6 is 38.5 Å². The molecule has 1 aromatic rings. The molecule has 0 saturated heterocycles. The van der Waals surface area contributed by atoms with E-state index in [1.165, 1.54) is 0 Å². The van der Waals surface area contributed by atoms with E-state index in [0.717, 1.165) is 34.4 Å². The van der Waals surface area contributed by atoms with Crippen molar-refractivity contribution in [3.8, 4) is 0 Å². The van der Waals surface area contributed by atoms with E-state index in [2.05, 4.69) is 60.3 Å². The summed E-state index contributed by atoms with van der Waals surface area (Å²) in [6.45, 7) is 4.12. The van der Waals surface area contributed by atoms with Crippen LogP contribution in [0.25, 0.3) is 0 Å². The summed E-state index contributed by atoms with van der Waals surface area (Å²) in [7, 11) is 0. The van der Waals surface area contributed by atoms with E-state index >= 15 is 0 Å². The zero-order chi connectivity index (χ0) is 10.4. The van der Waals surface area contributed by atoms with Crippen molar-refractivity contribution in [3.63, 3.8) is 0 Å². The second kappa shape index (κ2) is 6.55. The molecule has 14 heavy (non-hydrogen) atoms. The molecule has 0 bridgehead atoms. The summed E-state index contributed by atoms with van der Waals surface area (Å²) < 4.78 is 1.07. The average Bonchev–Trinajstić information content (AvgIpc) is 2.19. The van der Waals surface area contributed by atoms with Gasteiger partial charge in [-0.1, -0.05) is 22.9 Å². The van der Waals surface area contributed by atoms with Gasteiger partial charge in [-0.3, -0.25) is 0 Å². The number of anilines is 1. The molecular formula is C9H13BrIN3. The summed E-state index contributed by atoms with van der Waals surface area (Å²) in [5, 5.41) is 0.947. The molecule has 0 saturated carbocycles. The molecular weight excluding hydrogens is 357 g/mol. The van der Waals surface area contributed by atoms with Crippen LogP contribution < -0.4 is 4.90 Å². The van der Waals surface area contributed by atoms with Crippen molar-refractivity contribution in [2.75, 3.05) is 23.3 Å². The zero-order valence-corrected chi connectivity index (χ0v) is 11.8. The van der Waals surface area contributed by atoms with Crippen molar-refractivity contribution >= 4 is 44.5 Å². The molecule has 5 heteroatoms. The van der Waals surface area contributed by atoms with E-state index in [-0.39, 0.29) is 0 Å². The fourth-order valence-corrected chi connectivity index (χ4v) is 1.86. The Labute approximate surface area is 107 Å². The van der Waals surface area contributed by atoms with Crippen LogP contribution in [0.4, 0.5) is 5.95 Å². The molecule has 1 rings (SSSR count). The van der Waals surface area contributed by atoms with E-state index in [1.54, 1.807) is 0 Å². The van der Waals surface area contributed by atoms with Crippen LogP contribution in [0.15, 0.2) is 12.4 Å². The molecule has 0 N–H and O–H groups in total. The van der Waals surface area contributed by atoms with Gasteiger partial charge in [0.05, 0.1) is 0 Å². The standard InChI is InChI=1S/C9H13BrIN3/c1-2-4-14(5-3-10)9-12-6-8(11)7-13-9/h6-7H,2-5H2,1H3. The fourth-order valence-electron chi connectivity index (χ4n) is 1.15. The van der Waals surface area contributed by atoms with Crippen LogP contribution in [0.1, 0.15) is 13.3 Å². The molecule has 0 atom stereocenters. The minimum atomic E-state index is 0.826.